The minimum Gasteiger partial charge on any atom is -0.465 e. The number of hydrogen-bond acceptors (Lipinski definition) is 6. The first-order valence-electron chi connectivity index (χ1n) is 7.58. The number of ether oxygens (including phenoxy) is 2. The summed E-state index contributed by atoms with van der Waals surface area (Å²) in [5.41, 5.74) is -0.306. The van der Waals surface area contributed by atoms with Crippen molar-refractivity contribution in [3.63, 3.8) is 0 Å². The van der Waals surface area contributed by atoms with Crippen LogP contribution in [0.25, 0.3) is 0 Å². The highest BCUT2D eigenvalue weighted by Crippen LogP contribution is 2.18. The molecule has 0 radical (unpaired) electrons. The van der Waals surface area contributed by atoms with Gasteiger partial charge in [-0.2, -0.15) is 0 Å². The number of amides is 1. The molecular weight excluding hydrogens is 318 g/mol. The lowest BCUT2D eigenvalue weighted by atomic mass is 10.1. The largest absolute Gasteiger partial charge is 0.465 e. The Morgan fingerprint density at radius 2 is 1.96 bits per heavy atom. The van der Waals surface area contributed by atoms with E-state index in [1.165, 1.54) is 18.1 Å². The number of quaternary nitrogens is 1. The molecule has 24 heavy (non-hydrogen) atoms. The van der Waals surface area contributed by atoms with E-state index in [9.17, 15) is 19.7 Å². The van der Waals surface area contributed by atoms with Gasteiger partial charge in [0.05, 0.1) is 43.9 Å². The molecule has 1 heterocycles. The van der Waals surface area contributed by atoms with E-state index < -0.39 is 16.8 Å². The first-order chi connectivity index (χ1) is 11.5. The molecule has 9 nitrogen and oxygen atoms in total. The van der Waals surface area contributed by atoms with Gasteiger partial charge < -0.3 is 19.7 Å². The Balaban J connectivity index is 2.02. The van der Waals surface area contributed by atoms with Crippen LogP contribution in [0.4, 0.5) is 5.69 Å². The molecule has 0 aliphatic carbocycles. The number of non-ortho nitro benzene ring substituents is 1. The van der Waals surface area contributed by atoms with E-state index in [2.05, 4.69) is 10.1 Å². The summed E-state index contributed by atoms with van der Waals surface area (Å²) in [6.07, 6.45) is 0. The van der Waals surface area contributed by atoms with E-state index >= 15 is 0 Å². The standard InChI is InChI=1S/C15H19N3O6/c1-23-15(20)12-8-11(9-13(10-12)18(21)22)14(19)16-2-3-17-4-6-24-7-5-17/h8-10H,2-7H2,1H3,(H,16,19)/p+1. The summed E-state index contributed by atoms with van der Waals surface area (Å²) in [5.74, 6) is -1.19. The number of methoxy groups -OCH3 is 1. The predicted molar refractivity (Wildman–Crippen MR) is 83.2 cm³/mol. The lowest BCUT2D eigenvalue weighted by molar-refractivity contribution is -0.906. The molecule has 0 aromatic heterocycles. The van der Waals surface area contributed by atoms with Crippen LogP contribution in [0.3, 0.4) is 0 Å². The molecule has 1 fully saturated rings. The maximum Gasteiger partial charge on any atom is 0.338 e. The summed E-state index contributed by atoms with van der Waals surface area (Å²) in [6.45, 7) is 4.37. The van der Waals surface area contributed by atoms with E-state index in [-0.39, 0.29) is 16.8 Å². The molecule has 2 rings (SSSR count). The van der Waals surface area contributed by atoms with Crippen molar-refractivity contribution in [1.29, 1.82) is 0 Å². The van der Waals surface area contributed by atoms with Gasteiger partial charge in [0.25, 0.3) is 11.6 Å². The zero-order valence-corrected chi connectivity index (χ0v) is 13.4. The number of carbonyl (C=O) groups is 2. The fourth-order valence-electron chi connectivity index (χ4n) is 2.45. The summed E-state index contributed by atoms with van der Waals surface area (Å²) in [4.78, 5) is 35.4. The zero-order valence-electron chi connectivity index (χ0n) is 13.4. The number of morpholine rings is 1. The molecule has 130 valence electrons. The molecule has 1 aromatic carbocycles. The molecular formula is C15H20N3O6+. The highest BCUT2D eigenvalue weighted by Gasteiger charge is 2.19. The highest BCUT2D eigenvalue weighted by atomic mass is 16.6. The van der Waals surface area contributed by atoms with Gasteiger partial charge in [-0.25, -0.2) is 4.79 Å². The minimum absolute atomic E-state index is 0.0318. The van der Waals surface area contributed by atoms with E-state index in [1.807, 2.05) is 0 Å². The van der Waals surface area contributed by atoms with Crippen LogP contribution < -0.4 is 10.2 Å². The molecule has 0 bridgehead atoms. The van der Waals surface area contributed by atoms with E-state index in [0.717, 1.165) is 31.8 Å². The molecule has 1 amide bonds. The second-order valence-electron chi connectivity index (χ2n) is 5.39. The molecule has 0 spiro atoms. The lowest BCUT2D eigenvalue weighted by Gasteiger charge is -2.23. The summed E-state index contributed by atoms with van der Waals surface area (Å²) in [6, 6.07) is 3.51. The predicted octanol–water partition coefficient (Wildman–Crippen LogP) is -0.974. The van der Waals surface area contributed by atoms with Crippen molar-refractivity contribution in [1.82, 2.24) is 5.32 Å². The molecule has 0 atom stereocenters. The van der Waals surface area contributed by atoms with Gasteiger partial charge in [0.15, 0.2) is 0 Å². The van der Waals surface area contributed by atoms with Gasteiger partial charge in [-0.1, -0.05) is 0 Å². The maximum atomic E-state index is 12.2. The molecule has 9 heteroatoms. The Kier molecular flexibility index (Phi) is 6.21. The van der Waals surface area contributed by atoms with Crippen molar-refractivity contribution in [3.05, 3.63) is 39.4 Å². The average Bonchev–Trinajstić information content (AvgIpc) is 2.61. The number of nitro groups is 1. The molecule has 0 saturated carbocycles. The third-order valence-electron chi connectivity index (χ3n) is 3.78. The Morgan fingerprint density at radius 3 is 2.58 bits per heavy atom. The maximum absolute atomic E-state index is 12.2. The van der Waals surface area contributed by atoms with Crippen LogP contribution in [0.5, 0.6) is 0 Å². The number of nitrogens with zero attached hydrogens (tertiary/aromatic N) is 1. The van der Waals surface area contributed by atoms with Gasteiger partial charge in [-0.05, 0) is 6.07 Å². The average molecular weight is 338 g/mol. The molecule has 1 saturated heterocycles. The van der Waals surface area contributed by atoms with Crippen molar-refractivity contribution < 1.29 is 28.9 Å². The van der Waals surface area contributed by atoms with Crippen LogP contribution >= 0.6 is 0 Å². The number of nitrogens with one attached hydrogen (secondary N) is 2. The third-order valence-corrected chi connectivity index (χ3v) is 3.78. The summed E-state index contributed by atoms with van der Waals surface area (Å²) >= 11 is 0. The smallest absolute Gasteiger partial charge is 0.338 e. The second-order valence-corrected chi connectivity index (χ2v) is 5.39. The zero-order chi connectivity index (χ0) is 17.5. The van der Waals surface area contributed by atoms with Crippen LogP contribution in [0, 0.1) is 10.1 Å². The van der Waals surface area contributed by atoms with Gasteiger partial charge in [0, 0.05) is 17.7 Å². The topological polar surface area (TPSA) is 112 Å². The summed E-state index contributed by atoms with van der Waals surface area (Å²) < 4.78 is 9.82. The van der Waals surface area contributed by atoms with Crippen molar-refractivity contribution in [2.24, 2.45) is 0 Å². The highest BCUT2D eigenvalue weighted by molar-refractivity contribution is 5.98. The number of hydrogen-bond donors (Lipinski definition) is 2. The van der Waals surface area contributed by atoms with Crippen molar-refractivity contribution in [2.75, 3.05) is 46.5 Å². The molecule has 0 unspecified atom stereocenters. The first-order valence-corrected chi connectivity index (χ1v) is 7.58. The van der Waals surface area contributed by atoms with Crippen LogP contribution in [-0.4, -0.2) is 63.3 Å². The van der Waals surface area contributed by atoms with E-state index in [4.69, 9.17) is 4.74 Å². The van der Waals surface area contributed by atoms with Crippen LogP contribution in [0.15, 0.2) is 18.2 Å². The van der Waals surface area contributed by atoms with Crippen LogP contribution in [0.2, 0.25) is 0 Å². The number of nitro benzene ring substituents is 1. The molecule has 1 aliphatic rings. The fourth-order valence-corrected chi connectivity index (χ4v) is 2.45. The number of carbonyl (C=O) groups excluding carboxylic acids is 2. The Bertz CT molecular complexity index is 628. The lowest BCUT2D eigenvalue weighted by Crippen LogP contribution is -3.14. The number of esters is 1. The van der Waals surface area contributed by atoms with Crippen molar-refractivity contribution in [3.8, 4) is 0 Å². The van der Waals surface area contributed by atoms with Gasteiger partial charge in [0.2, 0.25) is 0 Å². The van der Waals surface area contributed by atoms with Crippen molar-refractivity contribution >= 4 is 17.6 Å². The molecule has 2 N–H and O–H groups in total. The quantitative estimate of drug-likeness (QED) is 0.392. The van der Waals surface area contributed by atoms with E-state index in [0.29, 0.717) is 19.8 Å². The SMILES string of the molecule is COC(=O)c1cc(C(=O)NCC[NH+]2CCOCC2)cc([N+](=O)[O-])c1. The van der Waals surface area contributed by atoms with E-state index in [1.54, 1.807) is 0 Å². The molecule has 1 aliphatic heterocycles. The normalized spacial score (nSPS) is 14.9. The van der Waals surface area contributed by atoms with Gasteiger partial charge in [-0.15, -0.1) is 0 Å². The Labute approximate surface area is 138 Å². The molecule has 1 aromatic rings. The number of rotatable bonds is 6. The second kappa shape index (κ2) is 8.37. The van der Waals surface area contributed by atoms with Gasteiger partial charge in [0.1, 0.15) is 13.1 Å². The van der Waals surface area contributed by atoms with Gasteiger partial charge >= 0.3 is 5.97 Å². The van der Waals surface area contributed by atoms with Gasteiger partial charge in [-0.3, -0.25) is 14.9 Å². The van der Waals surface area contributed by atoms with Crippen LogP contribution in [-0.2, 0) is 9.47 Å². The van der Waals surface area contributed by atoms with Crippen molar-refractivity contribution in [2.45, 2.75) is 0 Å². The van der Waals surface area contributed by atoms with Crippen LogP contribution in [0.1, 0.15) is 20.7 Å². The number of benzene rings is 1. The summed E-state index contributed by atoms with van der Waals surface area (Å²) in [7, 11) is 1.17. The monoisotopic (exact) mass is 338 g/mol. The Morgan fingerprint density at radius 1 is 1.29 bits per heavy atom. The Hall–Kier alpha value is -2.52. The fraction of sp³-hybridized carbons (Fsp3) is 0.467. The summed E-state index contributed by atoms with van der Waals surface area (Å²) in [5, 5.41) is 13.7. The minimum atomic E-state index is -0.731. The first kappa shape index (κ1) is 17.8. The third kappa shape index (κ3) is 4.74.